The van der Waals surface area contributed by atoms with E-state index in [1.54, 1.807) is 12.3 Å². The highest BCUT2D eigenvalue weighted by Gasteiger charge is 1.95. The molecule has 0 N–H and O–H groups in total. The Labute approximate surface area is 104 Å². The van der Waals surface area contributed by atoms with Crippen molar-refractivity contribution < 1.29 is 0 Å². The van der Waals surface area contributed by atoms with Gasteiger partial charge in [0, 0.05) is 16.3 Å². The smallest absolute Gasteiger partial charge is 0.0629 e. The fourth-order valence-corrected chi connectivity index (χ4v) is 1.86. The highest BCUT2D eigenvalue weighted by atomic mass is 35.5. The topological polar surface area (TPSA) is 12.4 Å². The van der Waals surface area contributed by atoms with Crippen LogP contribution < -0.4 is 0 Å². The first-order valence-corrected chi connectivity index (χ1v) is 5.55. The van der Waals surface area contributed by atoms with E-state index < -0.39 is 0 Å². The number of hydrogen-bond donors (Lipinski definition) is 0. The van der Waals surface area contributed by atoms with Crippen LogP contribution in [0.2, 0.25) is 10.0 Å². The van der Waals surface area contributed by atoms with E-state index >= 15 is 0 Å². The summed E-state index contributed by atoms with van der Waals surface area (Å²) in [7, 11) is 0. The van der Waals surface area contributed by atoms with Gasteiger partial charge in [0.2, 0.25) is 0 Å². The van der Waals surface area contributed by atoms with E-state index in [1.165, 1.54) is 0 Å². The quantitative estimate of drug-likeness (QED) is 0.682. The Morgan fingerprint density at radius 3 is 2.12 bits per heavy atom. The molecule has 2 rings (SSSR count). The molecule has 3 heteroatoms. The van der Waals surface area contributed by atoms with Crippen LogP contribution in [0.3, 0.4) is 0 Å². The molecule has 0 spiro atoms. The van der Waals surface area contributed by atoms with Crippen LogP contribution in [0.5, 0.6) is 0 Å². The lowest BCUT2D eigenvalue weighted by Gasteiger charge is -1.97. The van der Waals surface area contributed by atoms with Gasteiger partial charge in [-0.3, -0.25) is 4.99 Å². The van der Waals surface area contributed by atoms with Crippen molar-refractivity contribution >= 4 is 35.1 Å². The molecule has 0 aliphatic carbocycles. The summed E-state index contributed by atoms with van der Waals surface area (Å²) < 4.78 is 0. The summed E-state index contributed by atoms with van der Waals surface area (Å²) in [6, 6.07) is 15.0. The van der Waals surface area contributed by atoms with Gasteiger partial charge in [-0.05, 0) is 35.9 Å². The number of benzene rings is 2. The second-order valence-corrected chi connectivity index (χ2v) is 4.17. The Balaban J connectivity index is 2.24. The number of rotatable bonds is 2. The van der Waals surface area contributed by atoms with E-state index in [2.05, 4.69) is 4.99 Å². The molecule has 0 radical (unpaired) electrons. The first-order valence-electron chi connectivity index (χ1n) is 4.79. The van der Waals surface area contributed by atoms with Crippen molar-refractivity contribution in [2.45, 2.75) is 0 Å². The molecule has 0 saturated carbocycles. The van der Waals surface area contributed by atoms with Gasteiger partial charge in [0.15, 0.2) is 0 Å². The van der Waals surface area contributed by atoms with Gasteiger partial charge >= 0.3 is 0 Å². The summed E-state index contributed by atoms with van der Waals surface area (Å²) in [4.78, 5) is 4.32. The Morgan fingerprint density at radius 1 is 0.875 bits per heavy atom. The zero-order valence-electron chi connectivity index (χ0n) is 8.40. The average Bonchev–Trinajstić information content (AvgIpc) is 2.27. The van der Waals surface area contributed by atoms with Crippen molar-refractivity contribution in [3.8, 4) is 0 Å². The van der Waals surface area contributed by atoms with E-state index in [-0.39, 0.29) is 0 Å². The number of aliphatic imine (C=N–C) groups is 1. The third kappa shape index (κ3) is 3.09. The Bertz CT molecular complexity index is 486. The highest BCUT2D eigenvalue weighted by Crippen LogP contribution is 2.18. The fraction of sp³-hybridized carbons (Fsp3) is 0. The minimum absolute atomic E-state index is 0.613. The molecule has 80 valence electrons. The maximum Gasteiger partial charge on any atom is 0.0629 e. The molecule has 2 aromatic rings. The Kier molecular flexibility index (Phi) is 3.60. The van der Waals surface area contributed by atoms with Crippen LogP contribution in [0.25, 0.3) is 0 Å². The lowest BCUT2D eigenvalue weighted by molar-refractivity contribution is 1.53. The van der Waals surface area contributed by atoms with Gasteiger partial charge in [-0.2, -0.15) is 0 Å². The van der Waals surface area contributed by atoms with E-state index in [9.17, 15) is 0 Å². The minimum atomic E-state index is 0.613. The van der Waals surface area contributed by atoms with Gasteiger partial charge in [0.05, 0.1) is 5.69 Å². The van der Waals surface area contributed by atoms with Gasteiger partial charge in [0.1, 0.15) is 0 Å². The third-order valence-corrected chi connectivity index (χ3v) is 2.44. The summed E-state index contributed by atoms with van der Waals surface area (Å²) in [5.74, 6) is 0. The van der Waals surface area contributed by atoms with Crippen LogP contribution >= 0.6 is 23.2 Å². The molecule has 0 bridgehead atoms. The van der Waals surface area contributed by atoms with Gasteiger partial charge in [-0.15, -0.1) is 0 Å². The molecule has 0 aliphatic heterocycles. The van der Waals surface area contributed by atoms with E-state index in [1.807, 2.05) is 42.5 Å². The largest absolute Gasteiger partial charge is 0.256 e. The van der Waals surface area contributed by atoms with Gasteiger partial charge < -0.3 is 0 Å². The van der Waals surface area contributed by atoms with Crippen molar-refractivity contribution in [1.82, 2.24) is 0 Å². The van der Waals surface area contributed by atoms with Crippen molar-refractivity contribution in [3.63, 3.8) is 0 Å². The molecule has 0 saturated heterocycles. The SMILES string of the molecule is Clc1cc(Cl)cc(C=Nc2ccccc2)c1. The monoisotopic (exact) mass is 249 g/mol. The zero-order valence-corrected chi connectivity index (χ0v) is 9.91. The summed E-state index contributed by atoms with van der Waals surface area (Å²) >= 11 is 11.8. The predicted molar refractivity (Wildman–Crippen MR) is 70.2 cm³/mol. The highest BCUT2D eigenvalue weighted by molar-refractivity contribution is 6.35. The number of para-hydroxylation sites is 1. The Morgan fingerprint density at radius 2 is 1.50 bits per heavy atom. The summed E-state index contributed by atoms with van der Waals surface area (Å²) in [5.41, 5.74) is 1.79. The molecule has 0 heterocycles. The minimum Gasteiger partial charge on any atom is -0.256 e. The molecular formula is C13H9Cl2N. The lowest BCUT2D eigenvalue weighted by atomic mass is 10.2. The normalized spacial score (nSPS) is 10.9. The Hall–Kier alpha value is -1.31. The van der Waals surface area contributed by atoms with E-state index in [4.69, 9.17) is 23.2 Å². The summed E-state index contributed by atoms with van der Waals surface area (Å²) in [6.45, 7) is 0. The van der Waals surface area contributed by atoms with Crippen molar-refractivity contribution in [2.75, 3.05) is 0 Å². The molecule has 16 heavy (non-hydrogen) atoms. The van der Waals surface area contributed by atoms with Gasteiger partial charge in [-0.25, -0.2) is 0 Å². The van der Waals surface area contributed by atoms with E-state index in [0.29, 0.717) is 10.0 Å². The van der Waals surface area contributed by atoms with Crippen molar-refractivity contribution in [2.24, 2.45) is 4.99 Å². The molecule has 0 fully saturated rings. The molecule has 0 atom stereocenters. The lowest BCUT2D eigenvalue weighted by Crippen LogP contribution is -1.80. The first-order chi connectivity index (χ1) is 7.74. The molecule has 0 aromatic heterocycles. The molecule has 0 unspecified atom stereocenters. The second-order valence-electron chi connectivity index (χ2n) is 3.30. The predicted octanol–water partition coefficient (Wildman–Crippen LogP) is 4.74. The van der Waals surface area contributed by atoms with Crippen molar-refractivity contribution in [3.05, 3.63) is 64.1 Å². The zero-order chi connectivity index (χ0) is 11.4. The van der Waals surface area contributed by atoms with Crippen LogP contribution in [0.15, 0.2) is 53.5 Å². The third-order valence-electron chi connectivity index (χ3n) is 2.00. The standard InChI is InChI=1S/C13H9Cl2N/c14-11-6-10(7-12(15)8-11)9-16-13-4-2-1-3-5-13/h1-9H. The molecule has 0 amide bonds. The fourth-order valence-electron chi connectivity index (χ4n) is 1.31. The molecule has 1 nitrogen and oxygen atoms in total. The van der Waals surface area contributed by atoms with Crippen molar-refractivity contribution in [1.29, 1.82) is 0 Å². The maximum absolute atomic E-state index is 5.89. The van der Waals surface area contributed by atoms with Crippen LogP contribution in [-0.4, -0.2) is 6.21 Å². The maximum atomic E-state index is 5.89. The number of halogens is 2. The van der Waals surface area contributed by atoms with Crippen LogP contribution in [-0.2, 0) is 0 Å². The summed E-state index contributed by atoms with van der Waals surface area (Å²) in [5, 5.41) is 1.23. The number of nitrogens with zero attached hydrogens (tertiary/aromatic N) is 1. The van der Waals surface area contributed by atoms with Gasteiger partial charge in [-0.1, -0.05) is 41.4 Å². The number of hydrogen-bond acceptors (Lipinski definition) is 1. The van der Waals surface area contributed by atoms with Gasteiger partial charge in [0.25, 0.3) is 0 Å². The van der Waals surface area contributed by atoms with E-state index in [0.717, 1.165) is 11.3 Å². The van der Waals surface area contributed by atoms with Crippen LogP contribution in [0.1, 0.15) is 5.56 Å². The first kappa shape index (κ1) is 11.2. The average molecular weight is 250 g/mol. The summed E-state index contributed by atoms with van der Waals surface area (Å²) in [6.07, 6.45) is 1.74. The molecule has 0 aliphatic rings. The van der Waals surface area contributed by atoms with Crippen LogP contribution in [0, 0.1) is 0 Å². The second kappa shape index (κ2) is 5.15. The molecular weight excluding hydrogens is 241 g/mol. The molecule has 2 aromatic carbocycles. The van der Waals surface area contributed by atoms with Crippen LogP contribution in [0.4, 0.5) is 5.69 Å².